The maximum atomic E-state index is 11.4. The van der Waals surface area contributed by atoms with E-state index in [1.807, 2.05) is 6.92 Å². The standard InChI is InChI=1S/C10H22N2O/c1-7(2)10(11)8(3)6-9(13)12(4)5/h7-8,10H,6,11H2,1-5H3/t8-,10+/m1/s1. The van der Waals surface area contributed by atoms with E-state index >= 15 is 0 Å². The van der Waals surface area contributed by atoms with Gasteiger partial charge < -0.3 is 10.6 Å². The average molecular weight is 186 g/mol. The van der Waals surface area contributed by atoms with Gasteiger partial charge in [-0.25, -0.2) is 0 Å². The van der Waals surface area contributed by atoms with Crippen molar-refractivity contribution in [1.82, 2.24) is 4.90 Å². The third-order valence-electron chi connectivity index (χ3n) is 2.42. The molecule has 3 nitrogen and oxygen atoms in total. The molecule has 0 spiro atoms. The molecular formula is C10H22N2O. The first-order valence-corrected chi connectivity index (χ1v) is 4.82. The maximum Gasteiger partial charge on any atom is 0.222 e. The molecule has 13 heavy (non-hydrogen) atoms. The van der Waals surface area contributed by atoms with Gasteiger partial charge in [0, 0.05) is 26.6 Å². The Bertz CT molecular complexity index is 166. The third kappa shape index (κ3) is 4.27. The van der Waals surface area contributed by atoms with Crippen molar-refractivity contribution in [2.75, 3.05) is 14.1 Å². The van der Waals surface area contributed by atoms with Crippen molar-refractivity contribution < 1.29 is 4.79 Å². The highest BCUT2D eigenvalue weighted by Crippen LogP contribution is 2.14. The lowest BCUT2D eigenvalue weighted by Gasteiger charge is -2.24. The second kappa shape index (κ2) is 5.22. The van der Waals surface area contributed by atoms with E-state index in [-0.39, 0.29) is 17.9 Å². The van der Waals surface area contributed by atoms with Gasteiger partial charge >= 0.3 is 0 Å². The second-order valence-electron chi connectivity index (χ2n) is 4.29. The van der Waals surface area contributed by atoms with Crippen molar-refractivity contribution in [3.8, 4) is 0 Å². The molecule has 2 atom stereocenters. The fraction of sp³-hybridized carbons (Fsp3) is 0.900. The SMILES string of the molecule is CC(C)[C@H](N)[C@H](C)CC(=O)N(C)C. The van der Waals surface area contributed by atoms with Gasteiger partial charge in [0.1, 0.15) is 0 Å². The summed E-state index contributed by atoms with van der Waals surface area (Å²) in [5, 5.41) is 0. The summed E-state index contributed by atoms with van der Waals surface area (Å²) in [5.41, 5.74) is 5.94. The predicted octanol–water partition coefficient (Wildman–Crippen LogP) is 1.08. The molecule has 3 heteroatoms. The van der Waals surface area contributed by atoms with Gasteiger partial charge in [-0.2, -0.15) is 0 Å². The van der Waals surface area contributed by atoms with Crippen LogP contribution in [0.25, 0.3) is 0 Å². The minimum absolute atomic E-state index is 0.115. The van der Waals surface area contributed by atoms with Gasteiger partial charge in [0.2, 0.25) is 5.91 Å². The molecule has 0 aromatic carbocycles. The molecule has 0 aromatic heterocycles. The Morgan fingerprint density at radius 1 is 1.31 bits per heavy atom. The lowest BCUT2D eigenvalue weighted by Crippen LogP contribution is -2.36. The number of nitrogens with two attached hydrogens (primary N) is 1. The molecule has 78 valence electrons. The second-order valence-corrected chi connectivity index (χ2v) is 4.29. The Morgan fingerprint density at radius 2 is 1.77 bits per heavy atom. The number of nitrogens with zero attached hydrogens (tertiary/aromatic N) is 1. The summed E-state index contributed by atoms with van der Waals surface area (Å²) in [5.74, 6) is 0.850. The largest absolute Gasteiger partial charge is 0.349 e. The minimum Gasteiger partial charge on any atom is -0.349 e. The highest BCUT2D eigenvalue weighted by molar-refractivity contribution is 5.75. The van der Waals surface area contributed by atoms with Crippen LogP contribution >= 0.6 is 0 Å². The summed E-state index contributed by atoms with van der Waals surface area (Å²) in [7, 11) is 3.55. The zero-order chi connectivity index (χ0) is 10.6. The number of hydrogen-bond donors (Lipinski definition) is 1. The van der Waals surface area contributed by atoms with Gasteiger partial charge in [0.05, 0.1) is 0 Å². The van der Waals surface area contributed by atoms with Crippen LogP contribution in [0, 0.1) is 11.8 Å². The number of hydrogen-bond acceptors (Lipinski definition) is 2. The van der Waals surface area contributed by atoms with Crippen LogP contribution in [0.1, 0.15) is 27.2 Å². The number of carbonyl (C=O) groups excluding carboxylic acids is 1. The number of rotatable bonds is 4. The van der Waals surface area contributed by atoms with Crippen LogP contribution in [0.2, 0.25) is 0 Å². The summed E-state index contributed by atoms with van der Waals surface area (Å²) in [6.45, 7) is 6.20. The predicted molar refractivity (Wildman–Crippen MR) is 55.3 cm³/mol. The molecule has 0 bridgehead atoms. The molecule has 0 saturated heterocycles. The van der Waals surface area contributed by atoms with E-state index in [4.69, 9.17) is 5.73 Å². The molecule has 0 aliphatic carbocycles. The van der Waals surface area contributed by atoms with Gasteiger partial charge in [0.25, 0.3) is 0 Å². The zero-order valence-electron chi connectivity index (χ0n) is 9.37. The third-order valence-corrected chi connectivity index (χ3v) is 2.42. The van der Waals surface area contributed by atoms with Gasteiger partial charge in [-0.3, -0.25) is 4.79 Å². The summed E-state index contributed by atoms with van der Waals surface area (Å²) < 4.78 is 0. The molecule has 0 unspecified atom stereocenters. The molecule has 0 fully saturated rings. The van der Waals surface area contributed by atoms with E-state index in [0.717, 1.165) is 0 Å². The summed E-state index contributed by atoms with van der Waals surface area (Å²) in [6.07, 6.45) is 0.548. The first-order chi connectivity index (χ1) is 5.86. The fourth-order valence-corrected chi connectivity index (χ4v) is 1.25. The van der Waals surface area contributed by atoms with Crippen molar-refractivity contribution in [2.45, 2.75) is 33.2 Å². The van der Waals surface area contributed by atoms with Crippen molar-refractivity contribution >= 4 is 5.91 Å². The van der Waals surface area contributed by atoms with E-state index in [0.29, 0.717) is 12.3 Å². The van der Waals surface area contributed by atoms with Crippen molar-refractivity contribution in [2.24, 2.45) is 17.6 Å². The molecule has 0 radical (unpaired) electrons. The molecule has 0 aromatic rings. The Morgan fingerprint density at radius 3 is 2.08 bits per heavy atom. The lowest BCUT2D eigenvalue weighted by atomic mass is 9.90. The molecule has 0 rings (SSSR count). The smallest absolute Gasteiger partial charge is 0.222 e. The van der Waals surface area contributed by atoms with Crippen LogP contribution in [0.3, 0.4) is 0 Å². The summed E-state index contributed by atoms with van der Waals surface area (Å²) in [4.78, 5) is 13.0. The molecular weight excluding hydrogens is 164 g/mol. The van der Waals surface area contributed by atoms with Gasteiger partial charge in [-0.1, -0.05) is 20.8 Å². The Labute approximate surface area is 81.3 Å². The van der Waals surface area contributed by atoms with Crippen LogP contribution in [-0.2, 0) is 4.79 Å². The Hall–Kier alpha value is -0.570. The van der Waals surface area contributed by atoms with E-state index in [1.54, 1.807) is 19.0 Å². The topological polar surface area (TPSA) is 46.3 Å². The molecule has 0 heterocycles. The Kier molecular flexibility index (Phi) is 4.99. The molecule has 1 amide bonds. The van der Waals surface area contributed by atoms with Crippen LogP contribution in [-0.4, -0.2) is 30.9 Å². The first kappa shape index (κ1) is 12.4. The van der Waals surface area contributed by atoms with Crippen molar-refractivity contribution in [1.29, 1.82) is 0 Å². The van der Waals surface area contributed by atoms with E-state index < -0.39 is 0 Å². The maximum absolute atomic E-state index is 11.4. The summed E-state index contributed by atoms with van der Waals surface area (Å²) >= 11 is 0. The first-order valence-electron chi connectivity index (χ1n) is 4.82. The van der Waals surface area contributed by atoms with Crippen molar-refractivity contribution in [3.05, 3.63) is 0 Å². The van der Waals surface area contributed by atoms with Gasteiger partial charge in [0.15, 0.2) is 0 Å². The van der Waals surface area contributed by atoms with E-state index in [2.05, 4.69) is 13.8 Å². The average Bonchev–Trinajstić information content (AvgIpc) is 2.02. The number of carbonyl (C=O) groups is 1. The van der Waals surface area contributed by atoms with E-state index in [1.165, 1.54) is 0 Å². The fourth-order valence-electron chi connectivity index (χ4n) is 1.25. The molecule has 0 aliphatic rings. The minimum atomic E-state index is 0.115. The zero-order valence-corrected chi connectivity index (χ0v) is 9.37. The monoisotopic (exact) mass is 186 g/mol. The van der Waals surface area contributed by atoms with Crippen LogP contribution in [0.5, 0.6) is 0 Å². The van der Waals surface area contributed by atoms with Gasteiger partial charge in [-0.15, -0.1) is 0 Å². The Balaban J connectivity index is 4.00. The lowest BCUT2D eigenvalue weighted by molar-refractivity contribution is -0.129. The van der Waals surface area contributed by atoms with Crippen LogP contribution in [0.15, 0.2) is 0 Å². The quantitative estimate of drug-likeness (QED) is 0.714. The van der Waals surface area contributed by atoms with Crippen molar-refractivity contribution in [3.63, 3.8) is 0 Å². The van der Waals surface area contributed by atoms with E-state index in [9.17, 15) is 4.79 Å². The molecule has 2 N–H and O–H groups in total. The highest BCUT2D eigenvalue weighted by atomic mass is 16.2. The normalized spacial score (nSPS) is 15.6. The molecule has 0 aliphatic heterocycles. The highest BCUT2D eigenvalue weighted by Gasteiger charge is 2.19. The summed E-state index contributed by atoms with van der Waals surface area (Å²) in [6, 6.07) is 0.115. The van der Waals surface area contributed by atoms with Crippen LogP contribution < -0.4 is 5.73 Å². The van der Waals surface area contributed by atoms with Crippen LogP contribution in [0.4, 0.5) is 0 Å². The number of amides is 1. The molecule has 0 saturated carbocycles. The van der Waals surface area contributed by atoms with Gasteiger partial charge in [-0.05, 0) is 11.8 Å².